The number of halogens is 2. The van der Waals surface area contributed by atoms with Gasteiger partial charge in [0.2, 0.25) is 0 Å². The molecule has 0 aromatic heterocycles. The lowest BCUT2D eigenvalue weighted by atomic mass is 10.2. The van der Waals surface area contributed by atoms with Crippen LogP contribution in [0.15, 0.2) is 42.5 Å². The summed E-state index contributed by atoms with van der Waals surface area (Å²) >= 11 is 11.6. The van der Waals surface area contributed by atoms with Crippen molar-refractivity contribution in [3.8, 4) is 0 Å². The van der Waals surface area contributed by atoms with Gasteiger partial charge >= 0.3 is 0 Å². The van der Waals surface area contributed by atoms with E-state index < -0.39 is 0 Å². The minimum Gasteiger partial charge on any atom is -0.381 e. The first kappa shape index (κ1) is 11.3. The Bertz CT molecular complexity index is 466. The molecule has 81 valence electrons. The second kappa shape index (κ2) is 5.24. The summed E-state index contributed by atoms with van der Waals surface area (Å²) in [6, 6.07) is 16.2. The fraction of sp³-hybridized carbons (Fsp3) is 0.0769. The predicted molar refractivity (Wildman–Crippen MR) is 69.1 cm³/mol. The van der Waals surface area contributed by atoms with Gasteiger partial charge in [-0.15, -0.1) is 0 Å². The summed E-state index contributed by atoms with van der Waals surface area (Å²) in [6.07, 6.45) is 0. The Morgan fingerprint density at radius 2 is 1.81 bits per heavy atom. The van der Waals surface area contributed by atoms with Gasteiger partial charge in [0, 0.05) is 28.3 Å². The molecule has 1 radical (unpaired) electrons. The summed E-state index contributed by atoms with van der Waals surface area (Å²) < 4.78 is 0. The van der Waals surface area contributed by atoms with E-state index in [2.05, 4.69) is 11.4 Å². The minimum atomic E-state index is 0.635. The zero-order valence-corrected chi connectivity index (χ0v) is 10.0. The van der Waals surface area contributed by atoms with E-state index in [1.54, 1.807) is 0 Å². The van der Waals surface area contributed by atoms with Crippen LogP contribution in [0, 0.1) is 6.07 Å². The molecule has 0 fully saturated rings. The van der Waals surface area contributed by atoms with E-state index in [1.165, 1.54) is 0 Å². The Kier molecular flexibility index (Phi) is 3.70. The predicted octanol–water partition coefficient (Wildman–Crippen LogP) is 4.41. The number of nitrogens with one attached hydrogen (secondary N) is 1. The molecule has 1 nitrogen and oxygen atoms in total. The molecule has 0 aliphatic rings. The normalized spacial score (nSPS) is 10.1. The third-order valence-corrected chi connectivity index (χ3v) is 2.64. The third kappa shape index (κ3) is 3.16. The molecule has 3 heteroatoms. The highest BCUT2D eigenvalue weighted by Crippen LogP contribution is 2.15. The smallest absolute Gasteiger partial charge is 0.0488 e. The molecule has 0 saturated carbocycles. The molecule has 0 spiro atoms. The van der Waals surface area contributed by atoms with E-state index in [1.807, 2.05) is 42.5 Å². The van der Waals surface area contributed by atoms with Gasteiger partial charge in [-0.2, -0.15) is 0 Å². The molecule has 2 rings (SSSR count). The maximum Gasteiger partial charge on any atom is 0.0488 e. The molecule has 0 atom stereocenters. The molecule has 1 N–H and O–H groups in total. The second-order valence-corrected chi connectivity index (χ2v) is 4.25. The van der Waals surface area contributed by atoms with Crippen LogP contribution in [0.3, 0.4) is 0 Å². The fourth-order valence-corrected chi connectivity index (χ4v) is 1.69. The summed E-state index contributed by atoms with van der Waals surface area (Å²) in [5, 5.41) is 4.66. The Morgan fingerprint density at radius 3 is 2.50 bits per heavy atom. The van der Waals surface area contributed by atoms with E-state index >= 15 is 0 Å². The zero-order valence-electron chi connectivity index (χ0n) is 8.50. The van der Waals surface area contributed by atoms with Crippen LogP contribution in [-0.2, 0) is 6.54 Å². The summed E-state index contributed by atoms with van der Waals surface area (Å²) in [4.78, 5) is 0. The molecule has 16 heavy (non-hydrogen) atoms. The van der Waals surface area contributed by atoms with Crippen molar-refractivity contribution >= 4 is 28.9 Å². The van der Waals surface area contributed by atoms with Crippen molar-refractivity contribution in [3.63, 3.8) is 0 Å². The minimum absolute atomic E-state index is 0.635. The topological polar surface area (TPSA) is 12.0 Å². The van der Waals surface area contributed by atoms with Crippen molar-refractivity contribution in [1.82, 2.24) is 0 Å². The fourth-order valence-electron chi connectivity index (χ4n) is 1.36. The molecule has 0 saturated heterocycles. The second-order valence-electron chi connectivity index (χ2n) is 3.41. The average molecular weight is 251 g/mol. The number of benzene rings is 2. The first-order valence-electron chi connectivity index (χ1n) is 4.89. The highest BCUT2D eigenvalue weighted by atomic mass is 35.5. The van der Waals surface area contributed by atoms with Gasteiger partial charge in [-0.3, -0.25) is 0 Å². The number of rotatable bonds is 3. The first-order valence-corrected chi connectivity index (χ1v) is 5.65. The highest BCUT2D eigenvalue weighted by Gasteiger charge is 1.95. The quantitative estimate of drug-likeness (QED) is 0.852. The molecule has 0 heterocycles. The summed E-state index contributed by atoms with van der Waals surface area (Å²) in [5.74, 6) is 0. The average Bonchev–Trinajstić information content (AvgIpc) is 2.28. The van der Waals surface area contributed by atoms with E-state index in [9.17, 15) is 0 Å². The number of hydrogen-bond donors (Lipinski definition) is 1. The molecule has 0 amide bonds. The van der Waals surface area contributed by atoms with Crippen molar-refractivity contribution in [2.45, 2.75) is 6.54 Å². The molecular formula is C13H10Cl2N. The van der Waals surface area contributed by atoms with Gasteiger partial charge in [-0.1, -0.05) is 35.3 Å². The zero-order chi connectivity index (χ0) is 11.4. The Labute approximate surface area is 105 Å². The standard InChI is InChI=1S/C13H10Cl2N/c14-11-4-6-13(7-5-11)16-9-10-2-1-3-12(15)8-10/h1-2,4-8,16H,9H2. The Balaban J connectivity index is 1.99. The molecule has 2 aromatic carbocycles. The van der Waals surface area contributed by atoms with Gasteiger partial charge in [0.15, 0.2) is 0 Å². The Hall–Kier alpha value is -1.18. The maximum absolute atomic E-state index is 5.85. The lowest BCUT2D eigenvalue weighted by molar-refractivity contribution is 1.15. The molecule has 0 aliphatic heterocycles. The lowest BCUT2D eigenvalue weighted by Gasteiger charge is -2.06. The van der Waals surface area contributed by atoms with Gasteiger partial charge in [0.25, 0.3) is 0 Å². The number of hydrogen-bond acceptors (Lipinski definition) is 1. The van der Waals surface area contributed by atoms with Crippen molar-refractivity contribution in [3.05, 3.63) is 64.1 Å². The maximum atomic E-state index is 5.85. The van der Waals surface area contributed by atoms with Gasteiger partial charge < -0.3 is 5.32 Å². The molecular weight excluding hydrogens is 241 g/mol. The number of anilines is 1. The largest absolute Gasteiger partial charge is 0.381 e. The van der Waals surface area contributed by atoms with Gasteiger partial charge in [-0.05, 0) is 35.9 Å². The summed E-state index contributed by atoms with van der Waals surface area (Å²) in [7, 11) is 0. The van der Waals surface area contributed by atoms with E-state index in [4.69, 9.17) is 23.2 Å². The summed E-state index contributed by atoms with van der Waals surface area (Å²) in [5.41, 5.74) is 2.16. The molecule has 0 unspecified atom stereocenters. The van der Waals surface area contributed by atoms with Crippen LogP contribution in [0.2, 0.25) is 10.0 Å². The molecule has 0 aliphatic carbocycles. The van der Waals surface area contributed by atoms with Crippen LogP contribution in [0.25, 0.3) is 0 Å². The van der Waals surface area contributed by atoms with Gasteiger partial charge in [0.05, 0.1) is 0 Å². The van der Waals surface area contributed by atoms with Gasteiger partial charge in [-0.25, -0.2) is 0 Å². The van der Waals surface area contributed by atoms with E-state index in [0.717, 1.165) is 22.8 Å². The SMILES string of the molecule is Clc1[c]ccc(CNc2ccc(Cl)cc2)c1. The highest BCUT2D eigenvalue weighted by molar-refractivity contribution is 6.30. The van der Waals surface area contributed by atoms with Crippen LogP contribution in [0.4, 0.5) is 5.69 Å². The van der Waals surface area contributed by atoms with E-state index in [-0.39, 0.29) is 0 Å². The van der Waals surface area contributed by atoms with Crippen molar-refractivity contribution in [2.75, 3.05) is 5.32 Å². The van der Waals surface area contributed by atoms with Crippen molar-refractivity contribution < 1.29 is 0 Å². The van der Waals surface area contributed by atoms with Crippen molar-refractivity contribution in [1.29, 1.82) is 0 Å². The lowest BCUT2D eigenvalue weighted by Crippen LogP contribution is -1.98. The van der Waals surface area contributed by atoms with Crippen LogP contribution in [0.1, 0.15) is 5.56 Å². The van der Waals surface area contributed by atoms with Crippen LogP contribution >= 0.6 is 23.2 Å². The van der Waals surface area contributed by atoms with Crippen LogP contribution in [-0.4, -0.2) is 0 Å². The first-order chi connectivity index (χ1) is 7.74. The Morgan fingerprint density at radius 1 is 1.06 bits per heavy atom. The van der Waals surface area contributed by atoms with Crippen LogP contribution in [0.5, 0.6) is 0 Å². The third-order valence-electron chi connectivity index (χ3n) is 2.17. The summed E-state index contributed by atoms with van der Waals surface area (Å²) in [6.45, 7) is 0.732. The molecule has 2 aromatic rings. The van der Waals surface area contributed by atoms with Crippen LogP contribution < -0.4 is 5.32 Å². The van der Waals surface area contributed by atoms with Crippen molar-refractivity contribution in [2.24, 2.45) is 0 Å². The van der Waals surface area contributed by atoms with E-state index in [0.29, 0.717) is 5.02 Å². The monoisotopic (exact) mass is 250 g/mol. The molecule has 0 bridgehead atoms. The van der Waals surface area contributed by atoms with Gasteiger partial charge in [0.1, 0.15) is 0 Å².